The quantitative estimate of drug-likeness (QED) is 0.101. The van der Waals surface area contributed by atoms with Crippen LogP contribution >= 0.6 is 46.4 Å². The zero-order chi connectivity index (χ0) is 39.4. The molecule has 1 aliphatic rings. The van der Waals surface area contributed by atoms with E-state index in [1.54, 1.807) is 68.2 Å². The minimum absolute atomic E-state index is 0.128. The number of aldehydes is 1. The molecule has 12 nitrogen and oxygen atoms in total. The molecular formula is C36H42Cl4N6O6. The first kappa shape index (κ1) is 43.8. The Morgan fingerprint density at radius 2 is 1.46 bits per heavy atom. The molecule has 1 atom stereocenters. The summed E-state index contributed by atoms with van der Waals surface area (Å²) in [6.45, 7) is 14.0. The number of rotatable bonds is 5. The Morgan fingerprint density at radius 3 is 1.92 bits per heavy atom. The van der Waals surface area contributed by atoms with Gasteiger partial charge in [-0.05, 0) is 91.3 Å². The zero-order valence-corrected chi connectivity index (χ0v) is 33.0. The summed E-state index contributed by atoms with van der Waals surface area (Å²) in [6, 6.07) is 13.1. The molecule has 0 bridgehead atoms. The topological polar surface area (TPSA) is 171 Å². The van der Waals surface area contributed by atoms with Gasteiger partial charge < -0.3 is 20.5 Å². The van der Waals surface area contributed by atoms with Crippen LogP contribution in [0, 0.1) is 0 Å². The number of hydrogen-bond acceptors (Lipinski definition) is 10. The third-order valence-electron chi connectivity index (χ3n) is 6.20. The molecule has 3 heterocycles. The second-order valence-corrected chi connectivity index (χ2v) is 14.8. The maximum atomic E-state index is 12.9. The molecule has 16 heteroatoms. The Morgan fingerprint density at radius 1 is 0.865 bits per heavy atom. The van der Waals surface area contributed by atoms with Gasteiger partial charge in [0.2, 0.25) is 0 Å². The summed E-state index contributed by atoms with van der Waals surface area (Å²) in [5.41, 5.74) is 6.62. The lowest BCUT2D eigenvalue weighted by Gasteiger charge is -2.31. The predicted molar refractivity (Wildman–Crippen MR) is 205 cm³/mol. The lowest BCUT2D eigenvalue weighted by Crippen LogP contribution is -2.33. The zero-order valence-electron chi connectivity index (χ0n) is 30.0. The lowest BCUT2D eigenvalue weighted by atomic mass is 9.95. The second-order valence-electron chi connectivity index (χ2n) is 13.2. The average Bonchev–Trinajstić information content (AvgIpc) is 3.69. The highest BCUT2D eigenvalue weighted by Gasteiger charge is 2.35. The Bertz CT molecular complexity index is 1880. The molecule has 0 aliphatic carbocycles. The number of Topliss-reactive ketones (excluding diaryl/α,β-unsaturated/α-hetero) is 1. The smallest absolute Gasteiger partial charge is 0.338 e. The summed E-state index contributed by atoms with van der Waals surface area (Å²) in [5, 5.41) is 15.4. The van der Waals surface area contributed by atoms with E-state index in [1.165, 1.54) is 13.0 Å². The minimum atomic E-state index is -0.600. The van der Waals surface area contributed by atoms with Crippen LogP contribution in [-0.4, -0.2) is 55.2 Å². The molecule has 5 rings (SSSR count). The van der Waals surface area contributed by atoms with Crippen molar-refractivity contribution in [2.45, 2.75) is 79.1 Å². The summed E-state index contributed by atoms with van der Waals surface area (Å²) < 4.78 is 12.2. The third-order valence-corrected chi connectivity index (χ3v) is 7.68. The highest BCUT2D eigenvalue weighted by atomic mass is 35.5. The van der Waals surface area contributed by atoms with E-state index >= 15 is 0 Å². The Labute approximate surface area is 322 Å². The van der Waals surface area contributed by atoms with Gasteiger partial charge in [-0.25, -0.2) is 9.48 Å². The largest absolute Gasteiger partial charge is 0.460 e. The monoisotopic (exact) mass is 794 g/mol. The van der Waals surface area contributed by atoms with Crippen LogP contribution in [0.5, 0.6) is 0 Å². The van der Waals surface area contributed by atoms with Gasteiger partial charge >= 0.3 is 11.9 Å². The number of hydrogen-bond donors (Lipinski definition) is 3. The number of nitrogens with zero attached hydrogens (tertiary/aromatic N) is 3. The van der Waals surface area contributed by atoms with Crippen molar-refractivity contribution in [2.75, 3.05) is 11.1 Å². The number of esters is 2. The van der Waals surface area contributed by atoms with Crippen LogP contribution < -0.4 is 11.1 Å². The molecule has 4 aromatic rings. The van der Waals surface area contributed by atoms with Gasteiger partial charge in [-0.2, -0.15) is 10.2 Å². The summed E-state index contributed by atoms with van der Waals surface area (Å²) in [7, 11) is 0. The number of carbonyl (C=O) groups is 4. The molecule has 0 saturated heterocycles. The van der Waals surface area contributed by atoms with Crippen LogP contribution in [-0.2, 0) is 23.9 Å². The van der Waals surface area contributed by atoms with E-state index in [0.717, 1.165) is 23.4 Å². The fourth-order valence-electron chi connectivity index (χ4n) is 4.23. The molecule has 2 aromatic carbocycles. The van der Waals surface area contributed by atoms with Crippen molar-refractivity contribution in [3.8, 4) is 0 Å². The normalized spacial score (nSPS) is 13.3. The van der Waals surface area contributed by atoms with Gasteiger partial charge in [-0.15, -0.1) is 0 Å². The van der Waals surface area contributed by atoms with E-state index in [2.05, 4.69) is 20.6 Å². The Hall–Kier alpha value is -4.36. The Balaban J connectivity index is 0.000000285. The number of aromatic nitrogens is 4. The van der Waals surface area contributed by atoms with Crippen molar-refractivity contribution < 1.29 is 28.7 Å². The maximum Gasteiger partial charge on any atom is 0.338 e. The second kappa shape index (κ2) is 19.5. The number of anilines is 2. The van der Waals surface area contributed by atoms with Gasteiger partial charge in [-0.1, -0.05) is 58.5 Å². The van der Waals surface area contributed by atoms with Crippen LogP contribution in [0.2, 0.25) is 20.1 Å². The predicted octanol–water partition coefficient (Wildman–Crippen LogP) is 8.93. The van der Waals surface area contributed by atoms with E-state index in [9.17, 15) is 19.2 Å². The van der Waals surface area contributed by atoms with Crippen LogP contribution in [0.3, 0.4) is 0 Å². The molecular weight excluding hydrogens is 754 g/mol. The number of fused-ring (bicyclic) bond motifs is 1. The van der Waals surface area contributed by atoms with Gasteiger partial charge in [0.05, 0.1) is 38.1 Å². The van der Waals surface area contributed by atoms with Crippen molar-refractivity contribution >= 4 is 82.0 Å². The fourth-order valence-corrected chi connectivity index (χ4v) is 4.84. The van der Waals surface area contributed by atoms with Crippen molar-refractivity contribution in [3.05, 3.63) is 103 Å². The van der Waals surface area contributed by atoms with E-state index in [-0.39, 0.29) is 12.2 Å². The summed E-state index contributed by atoms with van der Waals surface area (Å²) in [6.07, 6.45) is 3.88. The number of nitrogen functional groups attached to an aromatic ring is 1. The van der Waals surface area contributed by atoms with E-state index in [0.29, 0.717) is 37.0 Å². The summed E-state index contributed by atoms with van der Waals surface area (Å²) in [4.78, 5) is 44.3. The van der Waals surface area contributed by atoms with Crippen molar-refractivity contribution in [2.24, 2.45) is 0 Å². The van der Waals surface area contributed by atoms with Crippen LogP contribution in [0.15, 0.2) is 72.2 Å². The number of ether oxygens (including phenoxy) is 2. The van der Waals surface area contributed by atoms with Crippen LogP contribution in [0.4, 0.5) is 11.6 Å². The molecule has 0 spiro atoms. The summed E-state index contributed by atoms with van der Waals surface area (Å²) in [5.74, 6) is 0.384. The molecule has 0 radical (unpaired) electrons. The number of nitrogens with two attached hydrogens (primary N) is 1. The maximum absolute atomic E-state index is 12.9. The number of ketones is 1. The number of aromatic amines is 1. The van der Waals surface area contributed by atoms with Gasteiger partial charge in [0.15, 0.2) is 0 Å². The molecule has 0 amide bonds. The SMILES string of the molecule is CC(=O)CC(=O)OC(C)(C)C.CC1=C(C(=O)OC(C)(C)C)C(c2ccc(Cl)c(Cl)c2)n2nccc2N1.Nc1ccn[nH]1.O=Cc1ccc(Cl)c(Cl)c1. The van der Waals surface area contributed by atoms with E-state index in [1.807, 2.05) is 39.8 Å². The van der Waals surface area contributed by atoms with Gasteiger partial charge in [0.1, 0.15) is 47.4 Å². The van der Waals surface area contributed by atoms with Gasteiger partial charge in [0, 0.05) is 17.3 Å². The van der Waals surface area contributed by atoms with Gasteiger partial charge in [-0.3, -0.25) is 19.5 Å². The Kier molecular flexibility index (Phi) is 16.4. The first-order valence-electron chi connectivity index (χ1n) is 15.7. The molecule has 52 heavy (non-hydrogen) atoms. The van der Waals surface area contributed by atoms with Gasteiger partial charge in [0.25, 0.3) is 0 Å². The van der Waals surface area contributed by atoms with E-state index in [4.69, 9.17) is 61.6 Å². The van der Waals surface area contributed by atoms with Crippen molar-refractivity contribution in [3.63, 3.8) is 0 Å². The van der Waals surface area contributed by atoms with E-state index < -0.39 is 29.2 Å². The standard InChI is InChI=1S/C18H19Cl2N3O2.C8H14O3.C7H4Cl2O.C3H5N3/c1-10-15(17(24)25-18(2,3)4)16(23-14(22-10)7-8-21-23)11-5-6-12(19)13(20)9-11;1-6(9)5-7(10)11-8(2,3)4;8-6-2-1-5(4-10)3-7(6)9;4-3-1-2-5-6-3/h5-9,16,22H,1-4H3;5H2,1-4H3;1-4H;1-2H,(H3,4,5,6). The number of nitrogens with one attached hydrogen (secondary N) is 2. The molecule has 1 aliphatic heterocycles. The van der Waals surface area contributed by atoms with Crippen LogP contribution in [0.1, 0.15) is 83.8 Å². The van der Waals surface area contributed by atoms with Crippen molar-refractivity contribution in [1.29, 1.82) is 0 Å². The first-order chi connectivity index (χ1) is 24.1. The highest BCUT2D eigenvalue weighted by molar-refractivity contribution is 6.42. The third kappa shape index (κ3) is 14.7. The molecule has 0 fully saturated rings. The highest BCUT2D eigenvalue weighted by Crippen LogP contribution is 2.38. The minimum Gasteiger partial charge on any atom is -0.460 e. The first-order valence-corrected chi connectivity index (χ1v) is 17.2. The molecule has 1 unspecified atom stereocenters. The number of benzene rings is 2. The van der Waals surface area contributed by atoms with Crippen LogP contribution in [0.25, 0.3) is 0 Å². The molecule has 2 aromatic heterocycles. The average molecular weight is 797 g/mol. The number of H-pyrrole nitrogens is 1. The lowest BCUT2D eigenvalue weighted by molar-refractivity contribution is -0.156. The molecule has 0 saturated carbocycles. The summed E-state index contributed by atoms with van der Waals surface area (Å²) >= 11 is 23.4. The molecule has 280 valence electrons. The molecule has 4 N–H and O–H groups in total. The van der Waals surface area contributed by atoms with Crippen molar-refractivity contribution in [1.82, 2.24) is 20.0 Å². The number of halogens is 4. The number of carbonyl (C=O) groups excluding carboxylic acids is 4. The fraction of sp³-hybridized carbons (Fsp3) is 0.333. The number of allylic oxidation sites excluding steroid dienone is 1.